The zero-order valence-corrected chi connectivity index (χ0v) is 16.0. The first-order valence-corrected chi connectivity index (χ1v) is 9.27. The SMILES string of the molecule is Cc1ccc(C)c(-n2c(-c3ccccc3)cc3c2CC(C)(C)CC3=O)c1. The van der Waals surface area contributed by atoms with Crippen molar-refractivity contribution in [3.8, 4) is 16.9 Å². The molecule has 1 aliphatic carbocycles. The van der Waals surface area contributed by atoms with Gasteiger partial charge in [0.25, 0.3) is 0 Å². The van der Waals surface area contributed by atoms with E-state index in [1.165, 1.54) is 16.8 Å². The van der Waals surface area contributed by atoms with Crippen molar-refractivity contribution in [2.45, 2.75) is 40.5 Å². The highest BCUT2D eigenvalue weighted by molar-refractivity contribution is 6.00. The number of aryl methyl sites for hydroxylation is 2. The summed E-state index contributed by atoms with van der Waals surface area (Å²) >= 11 is 0. The molecule has 26 heavy (non-hydrogen) atoms. The first-order valence-electron chi connectivity index (χ1n) is 9.27. The Kier molecular flexibility index (Phi) is 3.87. The molecule has 0 saturated heterocycles. The van der Waals surface area contributed by atoms with Crippen LogP contribution in [0.5, 0.6) is 0 Å². The van der Waals surface area contributed by atoms with Crippen molar-refractivity contribution in [1.82, 2.24) is 4.57 Å². The molecule has 2 aromatic carbocycles. The van der Waals surface area contributed by atoms with Crippen LogP contribution in [-0.2, 0) is 6.42 Å². The van der Waals surface area contributed by atoms with E-state index in [-0.39, 0.29) is 11.2 Å². The molecule has 3 aromatic rings. The minimum Gasteiger partial charge on any atom is -0.313 e. The maximum Gasteiger partial charge on any atom is 0.165 e. The molecule has 1 heterocycles. The Morgan fingerprint density at radius 3 is 2.38 bits per heavy atom. The number of aromatic nitrogens is 1. The largest absolute Gasteiger partial charge is 0.313 e. The van der Waals surface area contributed by atoms with Crippen LogP contribution in [0.3, 0.4) is 0 Å². The summed E-state index contributed by atoms with van der Waals surface area (Å²) in [4.78, 5) is 12.9. The summed E-state index contributed by atoms with van der Waals surface area (Å²) in [5.74, 6) is 0.262. The fourth-order valence-electron chi connectivity index (χ4n) is 4.07. The highest BCUT2D eigenvalue weighted by Gasteiger charge is 2.35. The number of hydrogen-bond acceptors (Lipinski definition) is 1. The second-order valence-corrected chi connectivity index (χ2v) is 8.32. The van der Waals surface area contributed by atoms with Crippen LogP contribution in [0.1, 0.15) is 47.4 Å². The third-order valence-corrected chi connectivity index (χ3v) is 5.36. The van der Waals surface area contributed by atoms with Gasteiger partial charge in [0.05, 0.1) is 5.69 Å². The maximum atomic E-state index is 12.9. The molecule has 0 N–H and O–H groups in total. The van der Waals surface area contributed by atoms with Gasteiger partial charge in [-0.2, -0.15) is 0 Å². The van der Waals surface area contributed by atoms with Gasteiger partial charge < -0.3 is 4.57 Å². The minimum atomic E-state index is -0.00806. The molecule has 1 aromatic heterocycles. The Hall–Kier alpha value is -2.61. The van der Waals surface area contributed by atoms with E-state index in [4.69, 9.17) is 0 Å². The molecule has 2 heteroatoms. The van der Waals surface area contributed by atoms with Gasteiger partial charge in [-0.3, -0.25) is 4.79 Å². The summed E-state index contributed by atoms with van der Waals surface area (Å²) < 4.78 is 2.33. The number of hydrogen-bond donors (Lipinski definition) is 0. The Morgan fingerprint density at radius 1 is 0.923 bits per heavy atom. The Morgan fingerprint density at radius 2 is 1.65 bits per heavy atom. The van der Waals surface area contributed by atoms with E-state index in [1.807, 2.05) is 6.07 Å². The highest BCUT2D eigenvalue weighted by Crippen LogP contribution is 2.40. The topological polar surface area (TPSA) is 22.0 Å². The van der Waals surface area contributed by atoms with Crippen molar-refractivity contribution in [3.63, 3.8) is 0 Å². The number of benzene rings is 2. The third-order valence-electron chi connectivity index (χ3n) is 5.36. The Bertz CT molecular complexity index is 993. The van der Waals surface area contributed by atoms with E-state index in [0.29, 0.717) is 6.42 Å². The van der Waals surface area contributed by atoms with Crippen LogP contribution < -0.4 is 0 Å². The lowest BCUT2D eigenvalue weighted by molar-refractivity contribution is 0.0911. The molecule has 0 aliphatic heterocycles. The monoisotopic (exact) mass is 343 g/mol. The van der Waals surface area contributed by atoms with E-state index in [2.05, 4.69) is 80.8 Å². The van der Waals surface area contributed by atoms with Crippen LogP contribution in [-0.4, -0.2) is 10.4 Å². The van der Waals surface area contributed by atoms with Crippen molar-refractivity contribution < 1.29 is 4.79 Å². The number of ketones is 1. The Labute approximate surface area is 155 Å². The summed E-state index contributed by atoms with van der Waals surface area (Å²) in [5.41, 5.74) is 7.92. The van der Waals surface area contributed by atoms with E-state index < -0.39 is 0 Å². The molecular weight excluding hydrogens is 318 g/mol. The predicted molar refractivity (Wildman–Crippen MR) is 107 cm³/mol. The van der Waals surface area contributed by atoms with Crippen molar-refractivity contribution in [3.05, 3.63) is 77.0 Å². The van der Waals surface area contributed by atoms with Crippen molar-refractivity contribution in [2.24, 2.45) is 5.41 Å². The van der Waals surface area contributed by atoms with Gasteiger partial charge in [0.15, 0.2) is 5.78 Å². The van der Waals surface area contributed by atoms with Crippen LogP contribution in [0.4, 0.5) is 0 Å². The van der Waals surface area contributed by atoms with Gasteiger partial charge in [-0.05, 0) is 54.5 Å². The number of fused-ring (bicyclic) bond motifs is 1. The van der Waals surface area contributed by atoms with Crippen molar-refractivity contribution in [1.29, 1.82) is 0 Å². The lowest BCUT2D eigenvalue weighted by Gasteiger charge is -2.30. The lowest BCUT2D eigenvalue weighted by Crippen LogP contribution is -2.27. The molecule has 132 valence electrons. The van der Waals surface area contributed by atoms with Crippen LogP contribution in [0.2, 0.25) is 0 Å². The highest BCUT2D eigenvalue weighted by atomic mass is 16.1. The van der Waals surface area contributed by atoms with Crippen molar-refractivity contribution >= 4 is 5.78 Å². The van der Waals surface area contributed by atoms with E-state index in [1.54, 1.807) is 0 Å². The molecular formula is C24H25NO. The van der Waals surface area contributed by atoms with E-state index in [0.717, 1.165) is 28.9 Å². The molecule has 0 amide bonds. The molecule has 0 unspecified atom stereocenters. The quantitative estimate of drug-likeness (QED) is 0.566. The number of carbonyl (C=O) groups is 1. The van der Waals surface area contributed by atoms with Gasteiger partial charge >= 0.3 is 0 Å². The van der Waals surface area contributed by atoms with Crippen LogP contribution in [0.25, 0.3) is 16.9 Å². The maximum absolute atomic E-state index is 12.9. The number of rotatable bonds is 2. The Balaban J connectivity index is 2.05. The van der Waals surface area contributed by atoms with Gasteiger partial charge in [-0.25, -0.2) is 0 Å². The smallest absolute Gasteiger partial charge is 0.165 e. The normalized spacial score (nSPS) is 15.8. The molecule has 4 rings (SSSR count). The molecule has 0 bridgehead atoms. The second kappa shape index (κ2) is 5.98. The van der Waals surface area contributed by atoms with Crippen LogP contribution >= 0.6 is 0 Å². The van der Waals surface area contributed by atoms with E-state index in [9.17, 15) is 4.79 Å². The standard InChI is InChI=1S/C24H25NO/c1-16-10-11-17(2)20(12-16)25-21(18-8-6-5-7-9-18)13-19-22(25)14-24(3,4)15-23(19)26/h5-13H,14-15H2,1-4H3. The van der Waals surface area contributed by atoms with Gasteiger partial charge in [-0.1, -0.05) is 56.3 Å². The summed E-state index contributed by atoms with van der Waals surface area (Å²) in [6, 6.07) is 19.0. The van der Waals surface area contributed by atoms with Crippen molar-refractivity contribution in [2.75, 3.05) is 0 Å². The lowest BCUT2D eigenvalue weighted by atomic mass is 9.76. The molecule has 0 radical (unpaired) electrons. The molecule has 0 spiro atoms. The zero-order valence-electron chi connectivity index (χ0n) is 16.0. The van der Waals surface area contributed by atoms with Gasteiger partial charge in [0, 0.05) is 23.4 Å². The molecule has 2 nitrogen and oxygen atoms in total. The van der Waals surface area contributed by atoms with Gasteiger partial charge in [-0.15, -0.1) is 0 Å². The summed E-state index contributed by atoms with van der Waals surface area (Å²) in [5, 5.41) is 0. The average Bonchev–Trinajstić information content (AvgIpc) is 2.96. The first-order chi connectivity index (χ1) is 12.4. The number of carbonyl (C=O) groups excluding carboxylic acids is 1. The fraction of sp³-hybridized carbons (Fsp3) is 0.292. The summed E-state index contributed by atoms with van der Waals surface area (Å²) in [7, 11) is 0. The summed E-state index contributed by atoms with van der Waals surface area (Å²) in [6.45, 7) is 8.65. The van der Waals surface area contributed by atoms with Crippen LogP contribution in [0.15, 0.2) is 54.6 Å². The van der Waals surface area contributed by atoms with Crippen LogP contribution in [0, 0.1) is 19.3 Å². The number of nitrogens with zero attached hydrogens (tertiary/aromatic N) is 1. The molecule has 0 saturated carbocycles. The minimum absolute atomic E-state index is 0.00806. The molecule has 0 fully saturated rings. The van der Waals surface area contributed by atoms with Gasteiger partial charge in [0.2, 0.25) is 0 Å². The number of Topliss-reactive ketones (excluding diaryl/α,β-unsaturated/α-hetero) is 1. The zero-order chi connectivity index (χ0) is 18.5. The molecule has 1 aliphatic rings. The second-order valence-electron chi connectivity index (χ2n) is 8.32. The fourth-order valence-corrected chi connectivity index (χ4v) is 4.07. The van der Waals surface area contributed by atoms with E-state index >= 15 is 0 Å². The predicted octanol–water partition coefficient (Wildman–Crippen LogP) is 5.92. The van der Waals surface area contributed by atoms with Gasteiger partial charge in [0.1, 0.15) is 0 Å². The summed E-state index contributed by atoms with van der Waals surface area (Å²) in [6.07, 6.45) is 1.53. The average molecular weight is 343 g/mol. The molecule has 0 atom stereocenters. The third kappa shape index (κ3) is 2.80. The first kappa shape index (κ1) is 16.8.